The maximum absolute atomic E-state index is 14.9. The summed E-state index contributed by atoms with van der Waals surface area (Å²) in [6.45, 7) is 6.15. The molecule has 0 amide bonds. The van der Waals surface area contributed by atoms with Crippen molar-refractivity contribution in [1.29, 1.82) is 0 Å². The van der Waals surface area contributed by atoms with Gasteiger partial charge >= 0.3 is 0 Å². The van der Waals surface area contributed by atoms with Gasteiger partial charge in [-0.15, -0.1) is 0 Å². The Morgan fingerprint density at radius 2 is 1.85 bits per heavy atom. The lowest BCUT2D eigenvalue weighted by molar-refractivity contribution is 0.124. The molecule has 0 heterocycles. The number of rotatable bonds is 4. The summed E-state index contributed by atoms with van der Waals surface area (Å²) in [7, 11) is 0. The highest BCUT2D eigenvalue weighted by atomic mass is 19.1. The average Bonchev–Trinajstić information content (AvgIpc) is 2.67. The van der Waals surface area contributed by atoms with E-state index in [9.17, 15) is 8.78 Å². The van der Waals surface area contributed by atoms with Crippen LogP contribution in [0.3, 0.4) is 0 Å². The van der Waals surface area contributed by atoms with Crippen LogP contribution in [0.4, 0.5) is 8.78 Å². The topological polar surface area (TPSA) is 9.23 Å². The van der Waals surface area contributed by atoms with Gasteiger partial charge in [0.15, 0.2) is 11.6 Å². The molecule has 0 radical (unpaired) electrons. The summed E-state index contributed by atoms with van der Waals surface area (Å²) in [4.78, 5) is 0. The van der Waals surface area contributed by atoms with Crippen molar-refractivity contribution in [2.75, 3.05) is 6.61 Å². The molecule has 0 spiro atoms. The SMILES string of the molecule is C=CCOc1ccc2cc([C@@H]3CC[C@@H]4CC(C)CCC4C3)c(F)cc2c1F. The number of fused-ring (bicyclic) bond motifs is 2. The monoisotopic (exact) mass is 370 g/mol. The lowest BCUT2D eigenvalue weighted by Gasteiger charge is -2.41. The number of ether oxygens (including phenoxy) is 1. The number of benzene rings is 2. The van der Waals surface area contributed by atoms with Crippen LogP contribution in [0.5, 0.6) is 5.75 Å². The van der Waals surface area contributed by atoms with Crippen LogP contribution in [0, 0.1) is 29.4 Å². The van der Waals surface area contributed by atoms with Gasteiger partial charge in [0, 0.05) is 5.39 Å². The van der Waals surface area contributed by atoms with E-state index in [4.69, 9.17) is 4.74 Å². The van der Waals surface area contributed by atoms with Crippen molar-refractivity contribution in [2.24, 2.45) is 17.8 Å². The second-order valence-corrected chi connectivity index (χ2v) is 8.52. The molecule has 0 N–H and O–H groups in total. The zero-order valence-electron chi connectivity index (χ0n) is 16.0. The van der Waals surface area contributed by atoms with Crippen molar-refractivity contribution in [2.45, 2.75) is 51.4 Å². The molecule has 2 aliphatic carbocycles. The Bertz CT molecular complexity index is 844. The Morgan fingerprint density at radius 3 is 2.67 bits per heavy atom. The van der Waals surface area contributed by atoms with Gasteiger partial charge in [-0.1, -0.05) is 32.1 Å². The van der Waals surface area contributed by atoms with Crippen LogP contribution in [0.25, 0.3) is 10.8 Å². The molecular formula is C24H28F2O. The minimum Gasteiger partial charge on any atom is -0.486 e. The Balaban J connectivity index is 1.61. The highest BCUT2D eigenvalue weighted by molar-refractivity contribution is 5.85. The first kappa shape index (κ1) is 18.5. The molecule has 0 bridgehead atoms. The van der Waals surface area contributed by atoms with E-state index < -0.39 is 5.82 Å². The van der Waals surface area contributed by atoms with Gasteiger partial charge in [-0.25, -0.2) is 8.78 Å². The van der Waals surface area contributed by atoms with Gasteiger partial charge in [-0.3, -0.25) is 0 Å². The van der Waals surface area contributed by atoms with Crippen LogP contribution in [0.15, 0.2) is 36.9 Å². The molecule has 144 valence electrons. The third-order valence-corrected chi connectivity index (χ3v) is 6.71. The highest BCUT2D eigenvalue weighted by Gasteiger charge is 2.35. The van der Waals surface area contributed by atoms with Crippen molar-refractivity contribution >= 4 is 10.8 Å². The van der Waals surface area contributed by atoms with Gasteiger partial charge in [-0.2, -0.15) is 0 Å². The van der Waals surface area contributed by atoms with Crippen LogP contribution < -0.4 is 4.74 Å². The third kappa shape index (κ3) is 3.61. The van der Waals surface area contributed by atoms with E-state index in [2.05, 4.69) is 13.5 Å². The lowest BCUT2D eigenvalue weighted by atomic mass is 9.64. The van der Waals surface area contributed by atoms with Gasteiger partial charge in [0.05, 0.1) is 0 Å². The van der Waals surface area contributed by atoms with Crippen LogP contribution in [-0.2, 0) is 0 Å². The minimum atomic E-state index is -0.496. The first-order chi connectivity index (χ1) is 13.1. The fourth-order valence-electron chi connectivity index (χ4n) is 5.29. The Labute approximate surface area is 160 Å². The zero-order valence-corrected chi connectivity index (χ0v) is 16.0. The van der Waals surface area contributed by atoms with E-state index >= 15 is 0 Å². The van der Waals surface area contributed by atoms with Crippen LogP contribution >= 0.6 is 0 Å². The van der Waals surface area contributed by atoms with Gasteiger partial charge < -0.3 is 4.74 Å². The van der Waals surface area contributed by atoms with Crippen LogP contribution in [-0.4, -0.2) is 6.61 Å². The van der Waals surface area contributed by atoms with Gasteiger partial charge in [0.25, 0.3) is 0 Å². The number of hydrogen-bond donors (Lipinski definition) is 0. The van der Waals surface area contributed by atoms with E-state index in [-0.39, 0.29) is 29.5 Å². The van der Waals surface area contributed by atoms with Gasteiger partial charge in [-0.05, 0) is 84.9 Å². The van der Waals surface area contributed by atoms with Gasteiger partial charge in [0.1, 0.15) is 12.4 Å². The van der Waals surface area contributed by atoms with E-state index in [0.29, 0.717) is 0 Å². The summed E-state index contributed by atoms with van der Waals surface area (Å²) in [5.74, 6) is 1.99. The molecule has 27 heavy (non-hydrogen) atoms. The summed E-state index contributed by atoms with van der Waals surface area (Å²) in [5, 5.41) is 1.03. The molecule has 3 heteroatoms. The predicted molar refractivity (Wildman–Crippen MR) is 106 cm³/mol. The van der Waals surface area contributed by atoms with E-state index in [1.165, 1.54) is 31.7 Å². The Kier molecular flexibility index (Phi) is 5.21. The number of halogens is 2. The molecule has 2 aromatic rings. The molecule has 2 aromatic carbocycles. The molecule has 1 nitrogen and oxygen atoms in total. The molecule has 2 unspecified atom stereocenters. The zero-order chi connectivity index (χ0) is 19.0. The van der Waals surface area contributed by atoms with Crippen molar-refractivity contribution in [3.63, 3.8) is 0 Å². The predicted octanol–water partition coefficient (Wildman–Crippen LogP) is 7.00. The van der Waals surface area contributed by atoms with E-state index in [1.54, 1.807) is 12.1 Å². The molecule has 0 aliphatic heterocycles. The standard InChI is InChI=1S/C24H28F2O/c1-3-10-27-23-9-8-19-13-20(22(25)14-21(19)24(23)26)18-7-6-16-11-15(2)4-5-17(16)12-18/h3,8-9,13-18H,1,4-7,10-12H2,2H3/t15?,16-,17?,18-/m1/s1. The second-order valence-electron chi connectivity index (χ2n) is 8.52. The maximum atomic E-state index is 14.9. The molecule has 2 fully saturated rings. The van der Waals surface area contributed by atoms with E-state index in [0.717, 1.165) is 41.5 Å². The minimum absolute atomic E-state index is 0.145. The van der Waals surface area contributed by atoms with Gasteiger partial charge in [0.2, 0.25) is 0 Å². The third-order valence-electron chi connectivity index (χ3n) is 6.71. The average molecular weight is 370 g/mol. The molecule has 0 saturated heterocycles. The normalized spacial score (nSPS) is 28.0. The fourth-order valence-corrected chi connectivity index (χ4v) is 5.29. The molecule has 2 aliphatic rings. The van der Waals surface area contributed by atoms with Crippen molar-refractivity contribution in [3.8, 4) is 5.75 Å². The molecular weight excluding hydrogens is 342 g/mol. The largest absolute Gasteiger partial charge is 0.486 e. The molecule has 4 rings (SSSR count). The Hall–Kier alpha value is -1.90. The van der Waals surface area contributed by atoms with Crippen LogP contribution in [0.2, 0.25) is 0 Å². The van der Waals surface area contributed by atoms with E-state index in [1.807, 2.05) is 12.1 Å². The highest BCUT2D eigenvalue weighted by Crippen LogP contribution is 2.48. The molecule has 0 aromatic heterocycles. The Morgan fingerprint density at radius 1 is 1.07 bits per heavy atom. The van der Waals surface area contributed by atoms with Crippen molar-refractivity contribution in [3.05, 3.63) is 54.1 Å². The summed E-state index contributed by atoms with van der Waals surface area (Å²) in [6.07, 6.45) is 8.77. The smallest absolute Gasteiger partial charge is 0.172 e. The van der Waals surface area contributed by atoms with Crippen molar-refractivity contribution < 1.29 is 13.5 Å². The maximum Gasteiger partial charge on any atom is 0.172 e. The quantitative estimate of drug-likeness (QED) is 0.526. The molecule has 4 atom stereocenters. The first-order valence-corrected chi connectivity index (χ1v) is 10.2. The fraction of sp³-hybridized carbons (Fsp3) is 0.500. The molecule has 2 saturated carbocycles. The summed E-state index contributed by atoms with van der Waals surface area (Å²) in [6, 6.07) is 6.67. The lowest BCUT2D eigenvalue weighted by Crippen LogP contribution is -2.29. The second kappa shape index (κ2) is 7.61. The summed E-state index contributed by atoms with van der Waals surface area (Å²) in [5.41, 5.74) is 0.763. The summed E-state index contributed by atoms with van der Waals surface area (Å²) >= 11 is 0. The van der Waals surface area contributed by atoms with Crippen molar-refractivity contribution in [1.82, 2.24) is 0 Å². The summed E-state index contributed by atoms with van der Waals surface area (Å²) < 4.78 is 34.9. The first-order valence-electron chi connectivity index (χ1n) is 10.2. The van der Waals surface area contributed by atoms with Crippen LogP contribution in [0.1, 0.15) is 56.9 Å². The number of hydrogen-bond acceptors (Lipinski definition) is 1.